The van der Waals surface area contributed by atoms with Crippen molar-refractivity contribution in [1.29, 1.82) is 0 Å². The minimum absolute atomic E-state index is 0.0437. The van der Waals surface area contributed by atoms with Crippen molar-refractivity contribution < 1.29 is 5.11 Å². The van der Waals surface area contributed by atoms with Gasteiger partial charge in [-0.05, 0) is 12.5 Å². The second kappa shape index (κ2) is 4.99. The first-order valence-corrected chi connectivity index (χ1v) is 5.46. The molecule has 0 saturated carbocycles. The standard InChI is InChI=1S/C10H12BrClO/c1-7-2-4-8(5-3-7)10(12)9(11)6-13/h2-5,9-10,13H,6H2,1H3. The van der Waals surface area contributed by atoms with Crippen LogP contribution in [0.4, 0.5) is 0 Å². The van der Waals surface area contributed by atoms with Crippen molar-refractivity contribution in [3.05, 3.63) is 35.4 Å². The number of rotatable bonds is 3. The van der Waals surface area contributed by atoms with Crippen molar-refractivity contribution in [1.82, 2.24) is 0 Å². The summed E-state index contributed by atoms with van der Waals surface area (Å²) in [4.78, 5) is -0.0862. The molecule has 72 valence electrons. The number of aliphatic hydroxyl groups is 1. The molecule has 0 amide bonds. The zero-order chi connectivity index (χ0) is 9.84. The Morgan fingerprint density at radius 1 is 1.38 bits per heavy atom. The molecule has 0 aromatic heterocycles. The summed E-state index contributed by atoms with van der Waals surface area (Å²) in [5, 5.41) is 8.71. The molecular formula is C10H12BrClO. The van der Waals surface area contributed by atoms with Gasteiger partial charge in [-0.2, -0.15) is 0 Å². The van der Waals surface area contributed by atoms with Gasteiger partial charge in [0, 0.05) is 0 Å². The maximum Gasteiger partial charge on any atom is 0.0732 e. The number of hydrogen-bond acceptors (Lipinski definition) is 1. The number of aryl methyl sites for hydroxylation is 1. The van der Waals surface area contributed by atoms with Crippen LogP contribution in [0, 0.1) is 6.92 Å². The third-order valence-electron chi connectivity index (χ3n) is 1.89. The summed E-state index contributed by atoms with van der Waals surface area (Å²) < 4.78 is 0. The zero-order valence-electron chi connectivity index (χ0n) is 7.37. The maximum atomic E-state index is 8.89. The molecule has 1 nitrogen and oxygen atoms in total. The van der Waals surface area contributed by atoms with Crippen LogP contribution in [0.15, 0.2) is 24.3 Å². The lowest BCUT2D eigenvalue weighted by molar-refractivity contribution is 0.294. The monoisotopic (exact) mass is 262 g/mol. The van der Waals surface area contributed by atoms with Gasteiger partial charge >= 0.3 is 0 Å². The molecule has 0 spiro atoms. The third kappa shape index (κ3) is 2.97. The predicted molar refractivity (Wildman–Crippen MR) is 59.6 cm³/mol. The summed E-state index contributed by atoms with van der Waals surface area (Å²) in [6.45, 7) is 2.08. The fraction of sp³-hybridized carbons (Fsp3) is 0.400. The Bertz CT molecular complexity index is 260. The first-order valence-electron chi connectivity index (χ1n) is 4.10. The molecule has 13 heavy (non-hydrogen) atoms. The molecule has 2 atom stereocenters. The Hall–Kier alpha value is -0.0500. The van der Waals surface area contributed by atoms with Gasteiger partial charge in [0.15, 0.2) is 0 Å². The highest BCUT2D eigenvalue weighted by atomic mass is 79.9. The predicted octanol–water partition coefficient (Wildman–Crippen LogP) is 3.03. The average Bonchev–Trinajstić information content (AvgIpc) is 2.17. The lowest BCUT2D eigenvalue weighted by Gasteiger charge is -2.14. The molecule has 0 heterocycles. The Morgan fingerprint density at radius 3 is 2.38 bits per heavy atom. The molecule has 0 saturated heterocycles. The molecule has 0 radical (unpaired) electrons. The Morgan fingerprint density at radius 2 is 1.92 bits per heavy atom. The average molecular weight is 264 g/mol. The molecule has 1 rings (SSSR count). The van der Waals surface area contributed by atoms with E-state index >= 15 is 0 Å². The summed E-state index contributed by atoms with van der Waals surface area (Å²) in [5.74, 6) is 0. The van der Waals surface area contributed by atoms with E-state index in [1.54, 1.807) is 0 Å². The topological polar surface area (TPSA) is 20.2 Å². The highest BCUT2D eigenvalue weighted by Gasteiger charge is 2.16. The van der Waals surface area contributed by atoms with Crippen molar-refractivity contribution in [3.8, 4) is 0 Å². The summed E-state index contributed by atoms with van der Waals surface area (Å²) in [5.41, 5.74) is 2.24. The number of benzene rings is 1. The smallest absolute Gasteiger partial charge is 0.0732 e. The largest absolute Gasteiger partial charge is 0.395 e. The molecule has 1 aromatic carbocycles. The van der Waals surface area contributed by atoms with E-state index in [0.717, 1.165) is 5.56 Å². The second-order valence-corrected chi connectivity index (χ2v) is 4.66. The van der Waals surface area contributed by atoms with Gasteiger partial charge < -0.3 is 5.11 Å². The second-order valence-electron chi connectivity index (χ2n) is 3.01. The summed E-state index contributed by atoms with van der Waals surface area (Å²) >= 11 is 9.42. The van der Waals surface area contributed by atoms with E-state index in [2.05, 4.69) is 15.9 Å². The van der Waals surface area contributed by atoms with E-state index in [-0.39, 0.29) is 16.8 Å². The molecule has 2 unspecified atom stereocenters. The summed E-state index contributed by atoms with van der Waals surface area (Å²) in [6.07, 6.45) is 0. The van der Waals surface area contributed by atoms with Gasteiger partial charge in [0.1, 0.15) is 0 Å². The highest BCUT2D eigenvalue weighted by molar-refractivity contribution is 9.09. The fourth-order valence-electron chi connectivity index (χ4n) is 1.05. The molecule has 1 N–H and O–H groups in total. The van der Waals surface area contributed by atoms with Crippen LogP contribution in [0.3, 0.4) is 0 Å². The molecule has 0 aliphatic heterocycles. The van der Waals surface area contributed by atoms with Gasteiger partial charge in [-0.25, -0.2) is 0 Å². The normalized spacial score (nSPS) is 15.4. The lowest BCUT2D eigenvalue weighted by Crippen LogP contribution is -2.11. The molecule has 1 aromatic rings. The zero-order valence-corrected chi connectivity index (χ0v) is 9.72. The highest BCUT2D eigenvalue weighted by Crippen LogP contribution is 2.28. The van der Waals surface area contributed by atoms with E-state index in [1.807, 2.05) is 31.2 Å². The van der Waals surface area contributed by atoms with Gasteiger partial charge in [-0.15, -0.1) is 11.6 Å². The van der Waals surface area contributed by atoms with Crippen molar-refractivity contribution >= 4 is 27.5 Å². The van der Waals surface area contributed by atoms with Crippen LogP contribution in [0.5, 0.6) is 0 Å². The molecule has 0 aliphatic rings. The Labute approximate surface area is 91.9 Å². The number of aliphatic hydroxyl groups excluding tert-OH is 1. The van der Waals surface area contributed by atoms with Crippen LogP contribution < -0.4 is 0 Å². The van der Waals surface area contributed by atoms with Crippen molar-refractivity contribution in [3.63, 3.8) is 0 Å². The number of halogens is 2. The lowest BCUT2D eigenvalue weighted by atomic mass is 10.1. The molecule has 0 bridgehead atoms. The molecule has 0 aliphatic carbocycles. The van der Waals surface area contributed by atoms with E-state index in [1.165, 1.54) is 5.56 Å². The SMILES string of the molecule is Cc1ccc(C(Cl)C(Br)CO)cc1. The molecule has 0 fully saturated rings. The minimum Gasteiger partial charge on any atom is -0.395 e. The summed E-state index contributed by atoms with van der Waals surface area (Å²) in [6, 6.07) is 8.00. The van der Waals surface area contributed by atoms with E-state index in [0.29, 0.717) is 0 Å². The molecular weight excluding hydrogens is 251 g/mol. The van der Waals surface area contributed by atoms with Crippen LogP contribution in [0.25, 0.3) is 0 Å². The number of alkyl halides is 2. The van der Waals surface area contributed by atoms with E-state index < -0.39 is 0 Å². The van der Waals surface area contributed by atoms with Crippen LogP contribution >= 0.6 is 27.5 Å². The van der Waals surface area contributed by atoms with Crippen molar-refractivity contribution in [2.75, 3.05) is 6.61 Å². The van der Waals surface area contributed by atoms with Crippen molar-refractivity contribution in [2.45, 2.75) is 17.1 Å². The summed E-state index contributed by atoms with van der Waals surface area (Å²) in [7, 11) is 0. The first-order chi connectivity index (χ1) is 6.15. The van der Waals surface area contributed by atoms with Gasteiger partial charge in [-0.3, -0.25) is 0 Å². The first kappa shape index (κ1) is 11.0. The van der Waals surface area contributed by atoms with E-state index in [9.17, 15) is 0 Å². The quantitative estimate of drug-likeness (QED) is 0.831. The van der Waals surface area contributed by atoms with Gasteiger partial charge in [0.25, 0.3) is 0 Å². The molecule has 3 heteroatoms. The van der Waals surface area contributed by atoms with Crippen LogP contribution in [0.2, 0.25) is 0 Å². The Kier molecular flexibility index (Phi) is 4.23. The Balaban J connectivity index is 2.77. The number of hydrogen-bond donors (Lipinski definition) is 1. The van der Waals surface area contributed by atoms with E-state index in [4.69, 9.17) is 16.7 Å². The van der Waals surface area contributed by atoms with Crippen LogP contribution in [-0.2, 0) is 0 Å². The van der Waals surface area contributed by atoms with Crippen molar-refractivity contribution in [2.24, 2.45) is 0 Å². The van der Waals surface area contributed by atoms with Crippen LogP contribution in [-0.4, -0.2) is 16.5 Å². The maximum absolute atomic E-state index is 8.89. The van der Waals surface area contributed by atoms with Gasteiger partial charge in [0.2, 0.25) is 0 Å². The van der Waals surface area contributed by atoms with Gasteiger partial charge in [0.05, 0.1) is 16.8 Å². The van der Waals surface area contributed by atoms with Gasteiger partial charge in [-0.1, -0.05) is 45.8 Å². The van der Waals surface area contributed by atoms with Crippen LogP contribution in [0.1, 0.15) is 16.5 Å². The third-order valence-corrected chi connectivity index (χ3v) is 3.57. The fourth-order valence-corrected chi connectivity index (χ4v) is 1.58. The minimum atomic E-state index is -0.175.